The van der Waals surface area contributed by atoms with Gasteiger partial charge < -0.3 is 15.5 Å². The van der Waals surface area contributed by atoms with E-state index in [0.29, 0.717) is 16.8 Å². The molecule has 1 heterocycles. The minimum atomic E-state index is -0.124. The molecule has 1 aromatic carbocycles. The number of nitrogen functional groups attached to an aromatic ring is 1. The number of nitrogens with one attached hydrogen (secondary N) is 1. The van der Waals surface area contributed by atoms with E-state index in [1.165, 1.54) is 6.92 Å². The fourth-order valence-electron chi connectivity index (χ4n) is 1.23. The molecule has 0 bridgehead atoms. The Bertz CT molecular complexity index is 490. The average molecular weight is 191 g/mol. The van der Waals surface area contributed by atoms with Crippen LogP contribution in [-0.4, -0.2) is 10.9 Å². The first kappa shape index (κ1) is 8.55. The third-order valence-corrected chi connectivity index (χ3v) is 1.72. The third-order valence-electron chi connectivity index (χ3n) is 1.72. The minimum Gasteiger partial charge on any atom is -0.424 e. The number of amides is 1. The number of carbonyl (C=O) groups excluding carboxylic acids is 1. The smallest absolute Gasteiger partial charge is 0.292 e. The van der Waals surface area contributed by atoms with Crippen LogP contribution in [0, 0.1) is 0 Å². The molecule has 5 nitrogen and oxygen atoms in total. The van der Waals surface area contributed by atoms with Gasteiger partial charge >= 0.3 is 0 Å². The number of nitrogens with two attached hydrogens (primary N) is 1. The number of oxazole rings is 1. The summed E-state index contributed by atoms with van der Waals surface area (Å²) in [5, 5.41) is 2.64. The van der Waals surface area contributed by atoms with E-state index in [1.54, 1.807) is 18.2 Å². The van der Waals surface area contributed by atoms with E-state index in [9.17, 15) is 4.79 Å². The Morgan fingerprint density at radius 1 is 1.57 bits per heavy atom. The van der Waals surface area contributed by atoms with Gasteiger partial charge in [-0.25, -0.2) is 0 Å². The van der Waals surface area contributed by atoms with Crippen LogP contribution in [0.15, 0.2) is 22.6 Å². The van der Waals surface area contributed by atoms with Crippen molar-refractivity contribution in [1.82, 2.24) is 4.98 Å². The highest BCUT2D eigenvalue weighted by atomic mass is 16.4. The number of carbonyl (C=O) groups is 1. The monoisotopic (exact) mass is 191 g/mol. The summed E-state index contributed by atoms with van der Waals surface area (Å²) in [4.78, 5) is 14.7. The van der Waals surface area contributed by atoms with Gasteiger partial charge in [0.15, 0.2) is 5.58 Å². The van der Waals surface area contributed by atoms with Crippen LogP contribution in [0.4, 0.5) is 11.7 Å². The van der Waals surface area contributed by atoms with Gasteiger partial charge in [0.1, 0.15) is 5.52 Å². The molecule has 0 aliphatic heterocycles. The van der Waals surface area contributed by atoms with Crippen molar-refractivity contribution in [3.8, 4) is 0 Å². The van der Waals surface area contributed by atoms with E-state index in [1.807, 2.05) is 0 Å². The Morgan fingerprint density at radius 2 is 2.36 bits per heavy atom. The number of rotatable bonds is 1. The van der Waals surface area contributed by atoms with Crippen molar-refractivity contribution in [3.05, 3.63) is 18.2 Å². The normalized spacial score (nSPS) is 10.4. The molecule has 0 saturated heterocycles. The number of nitrogens with zero attached hydrogens (tertiary/aromatic N) is 1. The molecule has 2 rings (SSSR count). The summed E-state index contributed by atoms with van der Waals surface area (Å²) in [5.41, 5.74) is 7.30. The van der Waals surface area contributed by atoms with Crippen LogP contribution < -0.4 is 11.1 Å². The summed E-state index contributed by atoms with van der Waals surface area (Å²) < 4.78 is 5.08. The fourth-order valence-corrected chi connectivity index (χ4v) is 1.23. The highest BCUT2D eigenvalue weighted by molar-refractivity contribution is 5.91. The second-order valence-corrected chi connectivity index (χ2v) is 2.92. The molecule has 14 heavy (non-hydrogen) atoms. The highest BCUT2D eigenvalue weighted by Gasteiger charge is 2.03. The third kappa shape index (κ3) is 1.52. The largest absolute Gasteiger partial charge is 0.424 e. The predicted molar refractivity (Wildman–Crippen MR) is 52.7 cm³/mol. The lowest BCUT2D eigenvalue weighted by molar-refractivity contribution is -0.114. The molecule has 2 aromatic rings. The molecule has 0 aliphatic carbocycles. The van der Waals surface area contributed by atoms with Crippen molar-refractivity contribution in [3.63, 3.8) is 0 Å². The Labute approximate surface area is 79.9 Å². The van der Waals surface area contributed by atoms with E-state index in [-0.39, 0.29) is 11.9 Å². The molecule has 0 unspecified atom stereocenters. The molecule has 0 saturated carbocycles. The van der Waals surface area contributed by atoms with Crippen molar-refractivity contribution in [2.45, 2.75) is 6.92 Å². The first-order valence-electron chi connectivity index (χ1n) is 4.09. The molecule has 0 spiro atoms. The zero-order valence-electron chi connectivity index (χ0n) is 7.57. The number of hydrogen-bond acceptors (Lipinski definition) is 4. The van der Waals surface area contributed by atoms with Gasteiger partial charge in [0.2, 0.25) is 5.91 Å². The Morgan fingerprint density at radius 3 is 3.07 bits per heavy atom. The topological polar surface area (TPSA) is 81.2 Å². The second kappa shape index (κ2) is 3.02. The molecule has 0 atom stereocenters. The van der Waals surface area contributed by atoms with Gasteiger partial charge in [0, 0.05) is 12.6 Å². The van der Waals surface area contributed by atoms with Crippen molar-refractivity contribution in [1.29, 1.82) is 0 Å². The maximum absolute atomic E-state index is 10.8. The standard InChI is InChI=1S/C9H9N3O2/c1-5(13)11-6-2-3-8-7(4-6)12-9(10)14-8/h2-4H,1H3,(H2,10,12)(H,11,13). The van der Waals surface area contributed by atoms with Crippen LogP contribution in [0.5, 0.6) is 0 Å². The molecule has 0 aliphatic rings. The van der Waals surface area contributed by atoms with E-state index in [0.717, 1.165) is 0 Å². The summed E-state index contributed by atoms with van der Waals surface area (Å²) in [6, 6.07) is 5.27. The van der Waals surface area contributed by atoms with Crippen molar-refractivity contribution < 1.29 is 9.21 Å². The minimum absolute atomic E-state index is 0.124. The van der Waals surface area contributed by atoms with Gasteiger partial charge in [0.05, 0.1) is 0 Å². The molecule has 0 radical (unpaired) electrons. The van der Waals surface area contributed by atoms with E-state index in [4.69, 9.17) is 10.2 Å². The van der Waals surface area contributed by atoms with Crippen molar-refractivity contribution in [2.24, 2.45) is 0 Å². The predicted octanol–water partition coefficient (Wildman–Crippen LogP) is 1.37. The summed E-state index contributed by atoms with van der Waals surface area (Å²) in [6.45, 7) is 1.45. The number of fused-ring (bicyclic) bond motifs is 1. The summed E-state index contributed by atoms with van der Waals surface area (Å²) in [5.74, 6) is -0.124. The quantitative estimate of drug-likeness (QED) is 0.713. The number of benzene rings is 1. The summed E-state index contributed by atoms with van der Waals surface area (Å²) in [7, 11) is 0. The van der Waals surface area contributed by atoms with Gasteiger partial charge in [-0.1, -0.05) is 0 Å². The molecular weight excluding hydrogens is 182 g/mol. The summed E-state index contributed by atoms with van der Waals surface area (Å²) in [6.07, 6.45) is 0. The van der Waals surface area contributed by atoms with Crippen LogP contribution in [0.1, 0.15) is 6.92 Å². The molecule has 5 heteroatoms. The molecule has 3 N–H and O–H groups in total. The molecule has 0 fully saturated rings. The summed E-state index contributed by atoms with van der Waals surface area (Å²) >= 11 is 0. The molecule has 1 aromatic heterocycles. The molecule has 72 valence electrons. The van der Waals surface area contributed by atoms with Crippen LogP contribution in [0.2, 0.25) is 0 Å². The van der Waals surface area contributed by atoms with Crippen LogP contribution in [-0.2, 0) is 4.79 Å². The molecule has 1 amide bonds. The second-order valence-electron chi connectivity index (χ2n) is 2.92. The zero-order valence-corrected chi connectivity index (χ0v) is 7.57. The van der Waals surface area contributed by atoms with E-state index < -0.39 is 0 Å². The number of anilines is 2. The van der Waals surface area contributed by atoms with Gasteiger partial charge in [-0.15, -0.1) is 0 Å². The van der Waals surface area contributed by atoms with Gasteiger partial charge in [0.25, 0.3) is 6.01 Å². The van der Waals surface area contributed by atoms with Gasteiger partial charge in [-0.3, -0.25) is 4.79 Å². The van der Waals surface area contributed by atoms with Gasteiger partial charge in [-0.05, 0) is 18.2 Å². The molecular formula is C9H9N3O2. The first-order chi connectivity index (χ1) is 6.65. The Kier molecular flexibility index (Phi) is 1.85. The maximum Gasteiger partial charge on any atom is 0.292 e. The van der Waals surface area contributed by atoms with Crippen LogP contribution in [0.3, 0.4) is 0 Å². The average Bonchev–Trinajstić information content (AvgIpc) is 2.42. The first-order valence-corrected chi connectivity index (χ1v) is 4.09. The van der Waals surface area contributed by atoms with Crippen LogP contribution in [0.25, 0.3) is 11.1 Å². The van der Waals surface area contributed by atoms with Crippen LogP contribution >= 0.6 is 0 Å². The van der Waals surface area contributed by atoms with Crippen molar-refractivity contribution in [2.75, 3.05) is 11.1 Å². The van der Waals surface area contributed by atoms with Crippen molar-refractivity contribution >= 4 is 28.7 Å². The lowest BCUT2D eigenvalue weighted by Gasteiger charge is -1.99. The Hall–Kier alpha value is -2.04. The Balaban J connectivity index is 2.45. The van der Waals surface area contributed by atoms with E-state index >= 15 is 0 Å². The maximum atomic E-state index is 10.8. The van der Waals surface area contributed by atoms with Gasteiger partial charge in [-0.2, -0.15) is 4.98 Å². The fraction of sp³-hybridized carbons (Fsp3) is 0.111. The number of hydrogen-bond donors (Lipinski definition) is 2. The van der Waals surface area contributed by atoms with E-state index in [2.05, 4.69) is 10.3 Å². The zero-order chi connectivity index (χ0) is 10.1. The highest BCUT2D eigenvalue weighted by Crippen LogP contribution is 2.20. The SMILES string of the molecule is CC(=O)Nc1ccc2oc(N)nc2c1. The lowest BCUT2D eigenvalue weighted by Crippen LogP contribution is -2.05. The lowest BCUT2D eigenvalue weighted by atomic mass is 10.3. The number of aromatic nitrogens is 1.